The first kappa shape index (κ1) is 12.8. The van der Waals surface area contributed by atoms with Gasteiger partial charge in [-0.05, 0) is 41.7 Å². The lowest BCUT2D eigenvalue weighted by Crippen LogP contribution is -2.04. The van der Waals surface area contributed by atoms with Gasteiger partial charge in [-0.2, -0.15) is 0 Å². The first-order valence-electron chi connectivity index (χ1n) is 6.39. The molecule has 0 aliphatic rings. The number of pyridine rings is 1. The smallest absolute Gasteiger partial charge is 0.0827 e. The summed E-state index contributed by atoms with van der Waals surface area (Å²) in [5.74, 6) is 0.251. The number of aliphatic hydroxyl groups excluding tert-OH is 1. The molecule has 2 rings (SSSR count). The van der Waals surface area contributed by atoms with Crippen LogP contribution in [-0.2, 0) is 13.0 Å². The van der Waals surface area contributed by atoms with Gasteiger partial charge in [-0.15, -0.1) is 0 Å². The number of hydrogen-bond donors (Lipinski definition) is 1. The van der Waals surface area contributed by atoms with Crippen LogP contribution in [0.4, 0.5) is 0 Å². The van der Waals surface area contributed by atoms with Crippen molar-refractivity contribution in [2.24, 2.45) is 5.92 Å². The van der Waals surface area contributed by atoms with Crippen LogP contribution in [0, 0.1) is 5.92 Å². The number of hydrogen-bond acceptors (Lipinski definition) is 2. The van der Waals surface area contributed by atoms with Crippen LogP contribution in [0.2, 0.25) is 0 Å². The average Bonchev–Trinajstić information content (AvgIpc) is 2.85. The van der Waals surface area contributed by atoms with E-state index in [0.29, 0.717) is 0 Å². The van der Waals surface area contributed by atoms with Gasteiger partial charge in [0.1, 0.15) is 0 Å². The van der Waals surface area contributed by atoms with Crippen LogP contribution in [-0.4, -0.2) is 14.7 Å². The third-order valence-corrected chi connectivity index (χ3v) is 3.15. The molecule has 0 spiro atoms. The molecule has 96 valence electrons. The van der Waals surface area contributed by atoms with Crippen molar-refractivity contribution in [2.45, 2.75) is 32.9 Å². The van der Waals surface area contributed by atoms with E-state index in [4.69, 9.17) is 0 Å². The molecule has 3 nitrogen and oxygen atoms in total. The topological polar surface area (TPSA) is 38.0 Å². The van der Waals surface area contributed by atoms with Crippen LogP contribution in [0.1, 0.15) is 31.1 Å². The van der Waals surface area contributed by atoms with Crippen molar-refractivity contribution in [1.29, 1.82) is 0 Å². The van der Waals surface area contributed by atoms with E-state index in [1.165, 1.54) is 5.56 Å². The summed E-state index contributed by atoms with van der Waals surface area (Å²) >= 11 is 0. The lowest BCUT2D eigenvalue weighted by atomic mass is 10.0. The molecule has 1 N–H and O–H groups in total. The highest BCUT2D eigenvalue weighted by Crippen LogP contribution is 2.21. The van der Waals surface area contributed by atoms with E-state index < -0.39 is 0 Å². The minimum atomic E-state index is -0.368. The van der Waals surface area contributed by atoms with Crippen LogP contribution in [0.25, 0.3) is 0 Å². The summed E-state index contributed by atoms with van der Waals surface area (Å²) in [6.07, 6.45) is 8.31. The van der Waals surface area contributed by atoms with Crippen LogP contribution in [0.3, 0.4) is 0 Å². The van der Waals surface area contributed by atoms with Crippen molar-refractivity contribution in [1.82, 2.24) is 9.55 Å². The summed E-state index contributed by atoms with van der Waals surface area (Å²) in [7, 11) is 0. The third kappa shape index (κ3) is 3.20. The van der Waals surface area contributed by atoms with Gasteiger partial charge >= 0.3 is 0 Å². The Bertz CT molecular complexity index is 476. The molecule has 0 aromatic carbocycles. The van der Waals surface area contributed by atoms with E-state index in [1.807, 2.05) is 56.8 Å². The molecule has 0 bridgehead atoms. The molecular weight excluding hydrogens is 224 g/mol. The number of aromatic nitrogens is 2. The fraction of sp³-hybridized carbons (Fsp3) is 0.400. The van der Waals surface area contributed by atoms with Gasteiger partial charge in [0.15, 0.2) is 0 Å². The number of aryl methyl sites for hydroxylation is 2. The lowest BCUT2D eigenvalue weighted by Gasteiger charge is -2.12. The Kier molecular flexibility index (Phi) is 4.15. The van der Waals surface area contributed by atoms with Gasteiger partial charge in [0.25, 0.3) is 0 Å². The van der Waals surface area contributed by atoms with Crippen molar-refractivity contribution >= 4 is 0 Å². The normalized spacial score (nSPS) is 12.9. The molecule has 0 aliphatic carbocycles. The van der Waals surface area contributed by atoms with Crippen molar-refractivity contribution in [2.75, 3.05) is 0 Å². The Morgan fingerprint density at radius 3 is 2.61 bits per heavy atom. The highest BCUT2D eigenvalue weighted by Gasteiger charge is 2.12. The summed E-state index contributed by atoms with van der Waals surface area (Å²) in [5, 5.41) is 9.97. The quantitative estimate of drug-likeness (QED) is 0.878. The molecule has 0 radical (unpaired) electrons. The molecular formula is C15H20N2O. The van der Waals surface area contributed by atoms with E-state index in [-0.39, 0.29) is 12.0 Å². The van der Waals surface area contributed by atoms with E-state index in [0.717, 1.165) is 18.5 Å². The first-order valence-corrected chi connectivity index (χ1v) is 6.39. The summed E-state index contributed by atoms with van der Waals surface area (Å²) in [6, 6.07) is 6.07. The number of rotatable bonds is 5. The molecule has 2 aromatic heterocycles. The van der Waals surface area contributed by atoms with Crippen molar-refractivity contribution in [3.05, 3.63) is 54.1 Å². The molecule has 1 unspecified atom stereocenters. The lowest BCUT2D eigenvalue weighted by molar-refractivity contribution is 0.127. The van der Waals surface area contributed by atoms with Crippen molar-refractivity contribution in [3.8, 4) is 0 Å². The fourth-order valence-corrected chi connectivity index (χ4v) is 1.97. The zero-order valence-electron chi connectivity index (χ0n) is 11.0. The van der Waals surface area contributed by atoms with Crippen LogP contribution < -0.4 is 0 Å². The van der Waals surface area contributed by atoms with Gasteiger partial charge in [0.05, 0.1) is 6.10 Å². The maximum absolute atomic E-state index is 9.97. The predicted molar refractivity (Wildman–Crippen MR) is 72.2 cm³/mol. The zero-order chi connectivity index (χ0) is 13.0. The van der Waals surface area contributed by atoms with Crippen LogP contribution in [0.15, 0.2) is 43.0 Å². The Hall–Kier alpha value is -1.61. The molecule has 0 fully saturated rings. The molecule has 0 amide bonds. The van der Waals surface area contributed by atoms with Gasteiger partial charge in [-0.3, -0.25) is 4.98 Å². The molecule has 0 saturated carbocycles. The minimum Gasteiger partial charge on any atom is -0.388 e. The van der Waals surface area contributed by atoms with Crippen molar-refractivity contribution < 1.29 is 5.11 Å². The molecule has 2 aromatic rings. The third-order valence-electron chi connectivity index (χ3n) is 3.15. The van der Waals surface area contributed by atoms with Crippen LogP contribution >= 0.6 is 0 Å². The average molecular weight is 244 g/mol. The second-order valence-electron chi connectivity index (χ2n) is 4.98. The highest BCUT2D eigenvalue weighted by molar-refractivity contribution is 5.15. The minimum absolute atomic E-state index is 0.251. The largest absolute Gasteiger partial charge is 0.388 e. The summed E-state index contributed by atoms with van der Waals surface area (Å²) < 4.78 is 2.13. The molecule has 2 heterocycles. The highest BCUT2D eigenvalue weighted by atomic mass is 16.3. The van der Waals surface area contributed by atoms with E-state index in [1.54, 1.807) is 0 Å². The van der Waals surface area contributed by atoms with Gasteiger partial charge in [0.2, 0.25) is 0 Å². The maximum Gasteiger partial charge on any atom is 0.0827 e. The fourth-order valence-electron chi connectivity index (χ4n) is 1.97. The second-order valence-corrected chi connectivity index (χ2v) is 4.98. The Morgan fingerprint density at radius 2 is 1.94 bits per heavy atom. The standard InChI is InChI=1S/C15H20N2O/c1-12(2)15(18)14-6-10-17(11-14)9-5-13-3-7-16-8-4-13/h3-4,6-8,10-12,15,18H,5,9H2,1-2H3. The second kappa shape index (κ2) is 5.83. The maximum atomic E-state index is 9.97. The number of nitrogens with zero attached hydrogens (tertiary/aromatic N) is 2. The van der Waals surface area contributed by atoms with Gasteiger partial charge in [-0.25, -0.2) is 0 Å². The Morgan fingerprint density at radius 1 is 1.22 bits per heavy atom. The molecule has 3 heteroatoms. The summed E-state index contributed by atoms with van der Waals surface area (Å²) in [4.78, 5) is 4.01. The summed E-state index contributed by atoms with van der Waals surface area (Å²) in [5.41, 5.74) is 2.28. The molecule has 1 atom stereocenters. The van der Waals surface area contributed by atoms with Crippen molar-refractivity contribution in [3.63, 3.8) is 0 Å². The monoisotopic (exact) mass is 244 g/mol. The number of aliphatic hydroxyl groups is 1. The Balaban J connectivity index is 1.95. The van der Waals surface area contributed by atoms with E-state index in [9.17, 15) is 5.11 Å². The van der Waals surface area contributed by atoms with Gasteiger partial charge in [-0.1, -0.05) is 13.8 Å². The van der Waals surface area contributed by atoms with Gasteiger partial charge in [0, 0.05) is 31.3 Å². The van der Waals surface area contributed by atoms with E-state index in [2.05, 4.69) is 9.55 Å². The summed E-state index contributed by atoms with van der Waals surface area (Å²) in [6.45, 7) is 4.98. The Labute approximate surface area is 108 Å². The van der Waals surface area contributed by atoms with E-state index >= 15 is 0 Å². The molecule has 0 aliphatic heterocycles. The SMILES string of the molecule is CC(C)C(O)c1ccn(CCc2ccncc2)c1. The van der Waals surface area contributed by atoms with Gasteiger partial charge < -0.3 is 9.67 Å². The predicted octanol–water partition coefficient (Wildman–Crippen LogP) is 2.82. The molecule has 18 heavy (non-hydrogen) atoms. The van der Waals surface area contributed by atoms with Crippen LogP contribution in [0.5, 0.6) is 0 Å². The zero-order valence-corrected chi connectivity index (χ0v) is 11.0. The first-order chi connectivity index (χ1) is 8.66. The molecule has 0 saturated heterocycles.